The van der Waals surface area contributed by atoms with E-state index < -0.39 is 11.5 Å². The van der Waals surface area contributed by atoms with Crippen LogP contribution in [0.3, 0.4) is 0 Å². The molecule has 0 aromatic carbocycles. The lowest BCUT2D eigenvalue weighted by molar-refractivity contribution is -0.149. The summed E-state index contributed by atoms with van der Waals surface area (Å²) < 4.78 is 5.23. The van der Waals surface area contributed by atoms with Crippen molar-refractivity contribution in [3.8, 4) is 0 Å². The second-order valence-corrected chi connectivity index (χ2v) is 5.21. The predicted molar refractivity (Wildman–Crippen MR) is 64.0 cm³/mol. The molecular weight excluding hydrogens is 236 g/mol. The number of amides is 1. The first kappa shape index (κ1) is 13.3. The van der Waals surface area contributed by atoms with Gasteiger partial charge in [0.2, 0.25) is 5.91 Å². The lowest BCUT2D eigenvalue weighted by Gasteiger charge is -2.42. The summed E-state index contributed by atoms with van der Waals surface area (Å²) in [4.78, 5) is 24.3. The molecule has 0 aromatic rings. The molecular formula is C12H20N2O4. The van der Waals surface area contributed by atoms with Crippen LogP contribution >= 0.6 is 0 Å². The van der Waals surface area contributed by atoms with Crippen LogP contribution in [0, 0.1) is 0 Å². The van der Waals surface area contributed by atoms with Crippen LogP contribution in [-0.2, 0) is 14.3 Å². The molecule has 2 aliphatic rings. The third kappa shape index (κ3) is 2.81. The Morgan fingerprint density at radius 2 is 1.94 bits per heavy atom. The van der Waals surface area contributed by atoms with Gasteiger partial charge in [-0.1, -0.05) is 0 Å². The topological polar surface area (TPSA) is 92.9 Å². The number of nitrogens with two attached hydrogens (primary N) is 1. The van der Waals surface area contributed by atoms with Crippen molar-refractivity contribution in [3.63, 3.8) is 0 Å². The summed E-state index contributed by atoms with van der Waals surface area (Å²) in [6.07, 6.45) is 3.91. The second kappa shape index (κ2) is 5.24. The fourth-order valence-corrected chi connectivity index (χ4v) is 2.50. The number of likely N-dealkylation sites (tertiary alicyclic amines) is 1. The zero-order valence-electron chi connectivity index (χ0n) is 10.4. The number of aliphatic carboxylic acids is 1. The molecule has 2 rings (SSSR count). The Bertz CT molecular complexity index is 333. The van der Waals surface area contributed by atoms with Gasteiger partial charge < -0.3 is 20.5 Å². The SMILES string of the molecule is NC1(C(=O)N2CCC(OCC(=O)O)CC2)CCC1. The Morgan fingerprint density at radius 1 is 1.33 bits per heavy atom. The molecule has 0 spiro atoms. The Kier molecular flexibility index (Phi) is 3.87. The summed E-state index contributed by atoms with van der Waals surface area (Å²) >= 11 is 0. The van der Waals surface area contributed by atoms with E-state index in [-0.39, 0.29) is 18.6 Å². The van der Waals surface area contributed by atoms with E-state index in [1.54, 1.807) is 4.90 Å². The predicted octanol–water partition coefficient (Wildman–Crippen LogP) is -0.0400. The molecule has 6 nitrogen and oxygen atoms in total. The number of carbonyl (C=O) groups is 2. The van der Waals surface area contributed by atoms with E-state index in [0.717, 1.165) is 19.3 Å². The van der Waals surface area contributed by atoms with E-state index in [0.29, 0.717) is 25.9 Å². The van der Waals surface area contributed by atoms with Gasteiger partial charge in [-0.05, 0) is 32.1 Å². The summed E-state index contributed by atoms with van der Waals surface area (Å²) in [5, 5.41) is 8.52. The maximum Gasteiger partial charge on any atom is 0.329 e. The molecule has 0 unspecified atom stereocenters. The summed E-state index contributed by atoms with van der Waals surface area (Å²) in [7, 11) is 0. The first-order valence-corrected chi connectivity index (χ1v) is 6.43. The Morgan fingerprint density at radius 3 is 2.39 bits per heavy atom. The standard InChI is InChI=1S/C12H20N2O4/c13-12(4-1-5-12)11(17)14-6-2-9(3-7-14)18-8-10(15)16/h9H,1-8,13H2,(H,15,16). The average molecular weight is 256 g/mol. The second-order valence-electron chi connectivity index (χ2n) is 5.21. The highest BCUT2D eigenvalue weighted by Gasteiger charge is 2.43. The molecule has 1 aliphatic heterocycles. The largest absolute Gasteiger partial charge is 0.480 e. The number of nitrogens with zero attached hydrogens (tertiary/aromatic N) is 1. The fourth-order valence-electron chi connectivity index (χ4n) is 2.50. The van der Waals surface area contributed by atoms with E-state index in [4.69, 9.17) is 15.6 Å². The molecule has 1 aliphatic carbocycles. The van der Waals surface area contributed by atoms with Crippen molar-refractivity contribution in [2.24, 2.45) is 5.73 Å². The minimum atomic E-state index is -0.955. The van der Waals surface area contributed by atoms with E-state index in [2.05, 4.69) is 0 Å². The number of carboxylic acids is 1. The van der Waals surface area contributed by atoms with Crippen molar-refractivity contribution in [2.75, 3.05) is 19.7 Å². The number of piperidine rings is 1. The highest BCUT2D eigenvalue weighted by molar-refractivity contribution is 5.87. The molecule has 0 aromatic heterocycles. The fraction of sp³-hybridized carbons (Fsp3) is 0.833. The summed E-state index contributed by atoms with van der Waals surface area (Å²) in [6, 6.07) is 0. The Balaban J connectivity index is 1.76. The molecule has 1 saturated carbocycles. The molecule has 2 fully saturated rings. The maximum atomic E-state index is 12.1. The van der Waals surface area contributed by atoms with E-state index in [1.807, 2.05) is 0 Å². The van der Waals surface area contributed by atoms with Crippen molar-refractivity contribution >= 4 is 11.9 Å². The minimum Gasteiger partial charge on any atom is -0.480 e. The van der Waals surface area contributed by atoms with Crippen molar-refractivity contribution in [1.82, 2.24) is 4.90 Å². The van der Waals surface area contributed by atoms with Gasteiger partial charge >= 0.3 is 5.97 Å². The lowest BCUT2D eigenvalue weighted by atomic mass is 9.76. The monoisotopic (exact) mass is 256 g/mol. The first-order chi connectivity index (χ1) is 8.51. The molecule has 1 saturated heterocycles. The number of hydrogen-bond donors (Lipinski definition) is 2. The number of hydrogen-bond acceptors (Lipinski definition) is 4. The molecule has 0 radical (unpaired) electrons. The van der Waals surface area contributed by atoms with Crippen LogP contribution in [0.25, 0.3) is 0 Å². The number of rotatable bonds is 4. The van der Waals surface area contributed by atoms with Gasteiger partial charge in [0.15, 0.2) is 0 Å². The lowest BCUT2D eigenvalue weighted by Crippen LogP contribution is -2.60. The summed E-state index contributed by atoms with van der Waals surface area (Å²) in [5.41, 5.74) is 5.38. The summed E-state index contributed by atoms with van der Waals surface area (Å²) in [6.45, 7) is 0.962. The molecule has 3 N–H and O–H groups in total. The number of carbonyl (C=O) groups excluding carboxylic acids is 1. The van der Waals surface area contributed by atoms with Crippen LogP contribution in [-0.4, -0.2) is 53.2 Å². The van der Waals surface area contributed by atoms with Crippen LogP contribution < -0.4 is 5.73 Å². The van der Waals surface area contributed by atoms with Crippen molar-refractivity contribution in [3.05, 3.63) is 0 Å². The molecule has 0 bridgehead atoms. The van der Waals surface area contributed by atoms with Gasteiger partial charge in [-0.2, -0.15) is 0 Å². The molecule has 102 valence electrons. The normalized spacial score (nSPS) is 23.5. The molecule has 0 atom stereocenters. The van der Waals surface area contributed by atoms with Gasteiger partial charge in [0, 0.05) is 13.1 Å². The first-order valence-electron chi connectivity index (χ1n) is 6.43. The summed E-state index contributed by atoms with van der Waals surface area (Å²) in [5.74, 6) is -0.908. The van der Waals surface area contributed by atoms with Crippen molar-refractivity contribution in [2.45, 2.75) is 43.7 Å². The maximum absolute atomic E-state index is 12.1. The average Bonchev–Trinajstić information content (AvgIpc) is 2.33. The van der Waals surface area contributed by atoms with Crippen LogP contribution in [0.2, 0.25) is 0 Å². The highest BCUT2D eigenvalue weighted by Crippen LogP contribution is 2.31. The van der Waals surface area contributed by atoms with Crippen LogP contribution in [0.4, 0.5) is 0 Å². The van der Waals surface area contributed by atoms with E-state index in [9.17, 15) is 9.59 Å². The third-order valence-electron chi connectivity index (χ3n) is 3.84. The van der Waals surface area contributed by atoms with E-state index >= 15 is 0 Å². The molecule has 18 heavy (non-hydrogen) atoms. The van der Waals surface area contributed by atoms with Gasteiger partial charge in [0.05, 0.1) is 11.6 Å². The minimum absolute atomic E-state index is 0.0467. The highest BCUT2D eigenvalue weighted by atomic mass is 16.5. The van der Waals surface area contributed by atoms with Gasteiger partial charge in [-0.3, -0.25) is 4.79 Å². The zero-order valence-corrected chi connectivity index (χ0v) is 10.4. The van der Waals surface area contributed by atoms with Gasteiger partial charge in [0.25, 0.3) is 0 Å². The Labute approximate surface area is 106 Å². The number of carboxylic acid groups (broad SMARTS) is 1. The van der Waals surface area contributed by atoms with E-state index in [1.165, 1.54) is 0 Å². The van der Waals surface area contributed by atoms with Crippen molar-refractivity contribution < 1.29 is 19.4 Å². The van der Waals surface area contributed by atoms with Crippen LogP contribution in [0.5, 0.6) is 0 Å². The smallest absolute Gasteiger partial charge is 0.329 e. The number of ether oxygens (including phenoxy) is 1. The van der Waals surface area contributed by atoms with Crippen LogP contribution in [0.1, 0.15) is 32.1 Å². The molecule has 1 amide bonds. The van der Waals surface area contributed by atoms with Gasteiger partial charge in [-0.25, -0.2) is 4.79 Å². The quantitative estimate of drug-likeness (QED) is 0.736. The Hall–Kier alpha value is -1.14. The molecule has 1 heterocycles. The zero-order chi connectivity index (χ0) is 13.2. The van der Waals surface area contributed by atoms with Crippen LogP contribution in [0.15, 0.2) is 0 Å². The molecule has 6 heteroatoms. The van der Waals surface area contributed by atoms with Gasteiger partial charge in [0.1, 0.15) is 6.61 Å². The third-order valence-corrected chi connectivity index (χ3v) is 3.84. The van der Waals surface area contributed by atoms with Gasteiger partial charge in [-0.15, -0.1) is 0 Å². The van der Waals surface area contributed by atoms with Crippen molar-refractivity contribution in [1.29, 1.82) is 0 Å².